The fourth-order valence-corrected chi connectivity index (χ4v) is 4.82. The smallest absolute Gasteiger partial charge is 0.348 e. The molecule has 1 atom stereocenters. The number of aromatic nitrogens is 2. The van der Waals surface area contributed by atoms with E-state index >= 15 is 0 Å². The van der Waals surface area contributed by atoms with Crippen molar-refractivity contribution in [2.75, 3.05) is 11.9 Å². The summed E-state index contributed by atoms with van der Waals surface area (Å²) < 4.78 is 5.09. The quantitative estimate of drug-likeness (QED) is 0.633. The van der Waals surface area contributed by atoms with E-state index in [4.69, 9.17) is 4.74 Å². The van der Waals surface area contributed by atoms with E-state index in [9.17, 15) is 9.59 Å². The van der Waals surface area contributed by atoms with Crippen LogP contribution in [-0.2, 0) is 17.6 Å². The Labute approximate surface area is 167 Å². The number of rotatable bonds is 5. The number of esters is 1. The van der Waals surface area contributed by atoms with Crippen LogP contribution >= 0.6 is 11.3 Å². The molecule has 0 amide bonds. The molecular formula is C21H23N3O3S. The Morgan fingerprint density at radius 1 is 1.36 bits per heavy atom. The third kappa shape index (κ3) is 3.30. The molecule has 1 aromatic carbocycles. The predicted octanol–water partition coefficient (Wildman–Crippen LogP) is 4.13. The lowest BCUT2D eigenvalue weighted by molar-refractivity contribution is 0.0531. The van der Waals surface area contributed by atoms with Crippen molar-refractivity contribution in [3.05, 3.63) is 55.9 Å². The Kier molecular flexibility index (Phi) is 4.93. The van der Waals surface area contributed by atoms with Crippen LogP contribution in [0, 0.1) is 6.92 Å². The normalized spacial score (nSPS) is 14.1. The number of hydrogen-bond donors (Lipinski definition) is 2. The number of carbonyl (C=O) groups is 1. The fourth-order valence-electron chi connectivity index (χ4n) is 3.74. The molecule has 0 saturated carbocycles. The number of anilines is 1. The maximum Gasteiger partial charge on any atom is 0.348 e. The number of benzene rings is 1. The summed E-state index contributed by atoms with van der Waals surface area (Å²) in [4.78, 5) is 33.3. The van der Waals surface area contributed by atoms with Gasteiger partial charge in [-0.25, -0.2) is 9.78 Å². The molecule has 6 nitrogen and oxygen atoms in total. The zero-order valence-electron chi connectivity index (χ0n) is 16.2. The molecule has 7 heteroatoms. The van der Waals surface area contributed by atoms with E-state index in [0.29, 0.717) is 33.1 Å². The van der Waals surface area contributed by atoms with Crippen molar-refractivity contribution >= 4 is 33.2 Å². The van der Waals surface area contributed by atoms with E-state index in [1.165, 1.54) is 28.9 Å². The first-order valence-electron chi connectivity index (χ1n) is 9.56. The topological polar surface area (TPSA) is 84.1 Å². The highest BCUT2D eigenvalue weighted by molar-refractivity contribution is 7.20. The van der Waals surface area contributed by atoms with Crippen LogP contribution in [0.15, 0.2) is 23.0 Å². The predicted molar refractivity (Wildman–Crippen MR) is 111 cm³/mol. The van der Waals surface area contributed by atoms with Gasteiger partial charge in [-0.1, -0.05) is 6.07 Å². The zero-order valence-corrected chi connectivity index (χ0v) is 17.0. The van der Waals surface area contributed by atoms with Gasteiger partial charge in [0.2, 0.25) is 0 Å². The van der Waals surface area contributed by atoms with Gasteiger partial charge in [-0.15, -0.1) is 11.3 Å². The minimum absolute atomic E-state index is 0.176. The van der Waals surface area contributed by atoms with Gasteiger partial charge in [-0.3, -0.25) is 4.79 Å². The summed E-state index contributed by atoms with van der Waals surface area (Å²) in [6.45, 7) is 5.78. The van der Waals surface area contributed by atoms with Crippen molar-refractivity contribution < 1.29 is 9.53 Å². The largest absolute Gasteiger partial charge is 0.462 e. The van der Waals surface area contributed by atoms with E-state index < -0.39 is 5.97 Å². The van der Waals surface area contributed by atoms with Crippen molar-refractivity contribution in [1.82, 2.24) is 9.97 Å². The number of carbonyl (C=O) groups excluding carboxylic acids is 1. The minimum Gasteiger partial charge on any atom is -0.462 e. The maximum absolute atomic E-state index is 12.7. The molecule has 2 heterocycles. The molecule has 0 radical (unpaired) electrons. The van der Waals surface area contributed by atoms with Crippen molar-refractivity contribution in [1.29, 1.82) is 0 Å². The number of nitrogens with one attached hydrogen (secondary N) is 2. The third-order valence-electron chi connectivity index (χ3n) is 5.17. The van der Waals surface area contributed by atoms with Gasteiger partial charge in [0, 0.05) is 5.69 Å². The molecule has 4 rings (SSSR count). The zero-order chi connectivity index (χ0) is 19.8. The lowest BCUT2D eigenvalue weighted by Gasteiger charge is -2.15. The fraction of sp³-hybridized carbons (Fsp3) is 0.381. The molecule has 2 N–H and O–H groups in total. The molecular weight excluding hydrogens is 374 g/mol. The van der Waals surface area contributed by atoms with Gasteiger partial charge < -0.3 is 15.0 Å². The summed E-state index contributed by atoms with van der Waals surface area (Å²) in [6.07, 6.45) is 3.48. The van der Waals surface area contributed by atoms with Crippen molar-refractivity contribution in [2.45, 2.75) is 46.1 Å². The van der Waals surface area contributed by atoms with Gasteiger partial charge in [0.1, 0.15) is 15.5 Å². The van der Waals surface area contributed by atoms with Crippen molar-refractivity contribution in [3.8, 4) is 0 Å². The summed E-state index contributed by atoms with van der Waals surface area (Å²) in [5.41, 5.74) is 4.23. The van der Waals surface area contributed by atoms with Gasteiger partial charge in [-0.05, 0) is 68.9 Å². The molecule has 146 valence electrons. The van der Waals surface area contributed by atoms with Gasteiger partial charge in [-0.2, -0.15) is 0 Å². The van der Waals surface area contributed by atoms with Crippen molar-refractivity contribution in [3.63, 3.8) is 0 Å². The highest BCUT2D eigenvalue weighted by atomic mass is 32.1. The van der Waals surface area contributed by atoms with E-state index in [1.807, 2.05) is 6.92 Å². The highest BCUT2D eigenvalue weighted by Crippen LogP contribution is 2.29. The Morgan fingerprint density at radius 3 is 2.93 bits per heavy atom. The molecule has 28 heavy (non-hydrogen) atoms. The summed E-state index contributed by atoms with van der Waals surface area (Å²) in [5.74, 6) is 0.142. The number of fused-ring (bicyclic) bond motifs is 2. The molecule has 0 fully saturated rings. The molecule has 3 aromatic rings. The first-order chi connectivity index (χ1) is 13.5. The summed E-state index contributed by atoms with van der Waals surface area (Å²) in [6, 6.07) is 6.25. The summed E-state index contributed by atoms with van der Waals surface area (Å²) >= 11 is 1.21. The average Bonchev–Trinajstić information content (AvgIpc) is 3.26. The first-order valence-corrected chi connectivity index (χ1v) is 10.4. The average molecular weight is 398 g/mol. The maximum atomic E-state index is 12.7. The molecule has 0 saturated heterocycles. The number of H-pyrrole nitrogens is 1. The van der Waals surface area contributed by atoms with Gasteiger partial charge in [0.15, 0.2) is 0 Å². The standard InChI is InChI=1S/C21H23N3O3S/c1-4-27-21(26)17-11(2)16-19(25)23-18(24-20(16)28-17)12(3)22-15-9-8-13-6-5-7-14(13)10-15/h8-10,12,22H,4-7H2,1-3H3,(H,23,24,25)/t12-/m1/s1. The lowest BCUT2D eigenvalue weighted by Crippen LogP contribution is -2.17. The Balaban J connectivity index is 1.65. The van der Waals surface area contributed by atoms with E-state index in [2.05, 4.69) is 33.5 Å². The number of ether oxygens (including phenoxy) is 1. The molecule has 0 aliphatic heterocycles. The van der Waals surface area contributed by atoms with Crippen LogP contribution in [0.3, 0.4) is 0 Å². The Morgan fingerprint density at radius 2 is 2.14 bits per heavy atom. The second-order valence-corrected chi connectivity index (χ2v) is 8.11. The summed E-state index contributed by atoms with van der Waals surface area (Å²) in [7, 11) is 0. The second kappa shape index (κ2) is 7.39. The second-order valence-electron chi connectivity index (χ2n) is 7.11. The first kappa shape index (κ1) is 18.7. The highest BCUT2D eigenvalue weighted by Gasteiger charge is 2.21. The monoisotopic (exact) mass is 397 g/mol. The Bertz CT molecular complexity index is 1120. The number of hydrogen-bond acceptors (Lipinski definition) is 6. The molecule has 0 bridgehead atoms. The van der Waals surface area contributed by atoms with E-state index in [0.717, 1.165) is 18.5 Å². The minimum atomic E-state index is -0.409. The van der Waals surface area contributed by atoms with Crippen LogP contribution in [0.5, 0.6) is 0 Å². The summed E-state index contributed by atoms with van der Waals surface area (Å²) in [5, 5.41) is 3.88. The van der Waals surface area contributed by atoms with Crippen LogP contribution in [-0.4, -0.2) is 22.5 Å². The van der Waals surface area contributed by atoms with Gasteiger partial charge in [0.25, 0.3) is 5.56 Å². The molecule has 2 aromatic heterocycles. The van der Waals surface area contributed by atoms with Crippen LogP contribution < -0.4 is 10.9 Å². The SMILES string of the molecule is CCOC(=O)c1sc2nc([C@@H](C)Nc3ccc4c(c3)CCC4)[nH]c(=O)c2c1C. The number of thiophene rings is 1. The molecule has 0 spiro atoms. The van der Waals surface area contributed by atoms with Crippen LogP contribution in [0.25, 0.3) is 10.2 Å². The molecule has 1 aliphatic rings. The number of nitrogens with zero attached hydrogens (tertiary/aromatic N) is 1. The van der Waals surface area contributed by atoms with Crippen LogP contribution in [0.2, 0.25) is 0 Å². The number of aryl methyl sites for hydroxylation is 3. The molecule has 0 unspecified atom stereocenters. The van der Waals surface area contributed by atoms with Crippen molar-refractivity contribution in [2.24, 2.45) is 0 Å². The van der Waals surface area contributed by atoms with E-state index in [1.54, 1.807) is 13.8 Å². The van der Waals surface area contributed by atoms with Gasteiger partial charge >= 0.3 is 5.97 Å². The van der Waals surface area contributed by atoms with E-state index in [-0.39, 0.29) is 11.6 Å². The van der Waals surface area contributed by atoms with Gasteiger partial charge in [0.05, 0.1) is 18.0 Å². The number of aromatic amines is 1. The lowest BCUT2D eigenvalue weighted by atomic mass is 10.1. The Hall–Kier alpha value is -2.67. The van der Waals surface area contributed by atoms with Crippen LogP contribution in [0.4, 0.5) is 5.69 Å². The third-order valence-corrected chi connectivity index (χ3v) is 6.34. The molecule has 1 aliphatic carbocycles. The van der Waals surface area contributed by atoms with Crippen LogP contribution in [0.1, 0.15) is 58.5 Å².